The van der Waals surface area contributed by atoms with Gasteiger partial charge in [0.2, 0.25) is 0 Å². The number of rotatable bonds is 7. The first kappa shape index (κ1) is 17.6. The SMILES string of the molecule is COc1cccc(C(N)=O)c1OCC(=O)NC(C)C1CC2CCC1C2. The Balaban J connectivity index is 1.58. The van der Waals surface area contributed by atoms with E-state index in [1.165, 1.54) is 32.8 Å². The maximum absolute atomic E-state index is 12.3. The molecule has 0 spiro atoms. The van der Waals surface area contributed by atoms with Crippen LogP contribution in [0.2, 0.25) is 0 Å². The molecule has 6 heteroatoms. The van der Waals surface area contributed by atoms with Crippen molar-refractivity contribution in [1.82, 2.24) is 5.32 Å². The van der Waals surface area contributed by atoms with Crippen LogP contribution in [0.4, 0.5) is 0 Å². The minimum atomic E-state index is -0.621. The van der Waals surface area contributed by atoms with Crippen molar-refractivity contribution in [2.75, 3.05) is 13.7 Å². The Bertz CT molecular complexity index is 661. The second kappa shape index (κ2) is 7.33. The first-order chi connectivity index (χ1) is 12.0. The molecule has 0 aliphatic heterocycles. The fraction of sp³-hybridized carbons (Fsp3) is 0.579. The Morgan fingerprint density at radius 2 is 2.12 bits per heavy atom. The molecule has 3 N–H and O–H groups in total. The lowest BCUT2D eigenvalue weighted by atomic mass is 9.84. The molecule has 2 amide bonds. The molecule has 2 bridgehead atoms. The number of benzene rings is 1. The third kappa shape index (κ3) is 3.72. The summed E-state index contributed by atoms with van der Waals surface area (Å²) in [5.41, 5.74) is 5.57. The number of nitrogens with one attached hydrogen (secondary N) is 1. The molecule has 1 aromatic carbocycles. The van der Waals surface area contributed by atoms with Gasteiger partial charge in [0.05, 0.1) is 12.7 Å². The van der Waals surface area contributed by atoms with Crippen molar-refractivity contribution in [3.8, 4) is 11.5 Å². The lowest BCUT2D eigenvalue weighted by molar-refractivity contribution is -0.124. The lowest BCUT2D eigenvalue weighted by Crippen LogP contribution is -2.42. The van der Waals surface area contributed by atoms with Gasteiger partial charge in [-0.25, -0.2) is 0 Å². The number of nitrogens with two attached hydrogens (primary N) is 1. The first-order valence-corrected chi connectivity index (χ1v) is 8.88. The molecule has 2 saturated carbocycles. The molecule has 4 unspecified atom stereocenters. The third-order valence-corrected chi connectivity index (χ3v) is 5.64. The Morgan fingerprint density at radius 1 is 1.32 bits per heavy atom. The van der Waals surface area contributed by atoms with Crippen molar-refractivity contribution in [1.29, 1.82) is 0 Å². The summed E-state index contributed by atoms with van der Waals surface area (Å²) in [5, 5.41) is 3.04. The minimum Gasteiger partial charge on any atom is -0.493 e. The summed E-state index contributed by atoms with van der Waals surface area (Å²) in [6, 6.07) is 5.01. The van der Waals surface area contributed by atoms with Crippen LogP contribution >= 0.6 is 0 Å². The molecular formula is C19H26N2O4. The van der Waals surface area contributed by atoms with Gasteiger partial charge in [-0.1, -0.05) is 12.5 Å². The lowest BCUT2D eigenvalue weighted by Gasteiger charge is -2.28. The number of carbonyl (C=O) groups excluding carboxylic acids is 2. The summed E-state index contributed by atoms with van der Waals surface area (Å²) in [5.74, 6) is 1.93. The van der Waals surface area contributed by atoms with Crippen molar-refractivity contribution in [3.63, 3.8) is 0 Å². The fourth-order valence-corrected chi connectivity index (χ4v) is 4.47. The van der Waals surface area contributed by atoms with E-state index >= 15 is 0 Å². The van der Waals surface area contributed by atoms with E-state index in [1.807, 2.05) is 0 Å². The van der Waals surface area contributed by atoms with Crippen LogP contribution in [0.25, 0.3) is 0 Å². The van der Waals surface area contributed by atoms with Crippen molar-refractivity contribution >= 4 is 11.8 Å². The Hall–Kier alpha value is -2.24. The molecule has 6 nitrogen and oxygen atoms in total. The number of hydrogen-bond donors (Lipinski definition) is 2. The molecule has 1 aromatic rings. The molecular weight excluding hydrogens is 320 g/mol. The van der Waals surface area contributed by atoms with E-state index in [0.29, 0.717) is 11.7 Å². The zero-order valence-electron chi connectivity index (χ0n) is 14.8. The van der Waals surface area contributed by atoms with Crippen molar-refractivity contribution in [3.05, 3.63) is 23.8 Å². The van der Waals surface area contributed by atoms with Gasteiger partial charge in [0, 0.05) is 6.04 Å². The van der Waals surface area contributed by atoms with Crippen LogP contribution in [-0.2, 0) is 4.79 Å². The van der Waals surface area contributed by atoms with Gasteiger partial charge in [-0.05, 0) is 56.1 Å². The normalized spacial score (nSPS) is 25.4. The number of amides is 2. The number of fused-ring (bicyclic) bond motifs is 2. The summed E-state index contributed by atoms with van der Waals surface area (Å²) < 4.78 is 10.8. The molecule has 4 atom stereocenters. The van der Waals surface area contributed by atoms with Crippen LogP contribution in [-0.4, -0.2) is 31.6 Å². The standard InChI is InChI=1S/C19H26N2O4/c1-11(15-9-12-6-7-13(15)8-12)21-17(22)10-25-18-14(19(20)23)4-3-5-16(18)24-2/h3-5,11-13,15H,6-10H2,1-2H3,(H2,20,23)(H,21,22). The summed E-state index contributed by atoms with van der Waals surface area (Å²) in [4.78, 5) is 23.8. The van der Waals surface area contributed by atoms with Crippen LogP contribution in [0, 0.1) is 17.8 Å². The van der Waals surface area contributed by atoms with Gasteiger partial charge < -0.3 is 20.5 Å². The minimum absolute atomic E-state index is 0.139. The first-order valence-electron chi connectivity index (χ1n) is 8.88. The highest BCUT2D eigenvalue weighted by atomic mass is 16.5. The second-order valence-electron chi connectivity index (χ2n) is 7.18. The number of primary amides is 1. The van der Waals surface area contributed by atoms with E-state index in [1.54, 1.807) is 18.2 Å². The van der Waals surface area contributed by atoms with Crippen LogP contribution < -0.4 is 20.5 Å². The molecule has 2 fully saturated rings. The molecule has 3 rings (SSSR count). The van der Waals surface area contributed by atoms with E-state index in [4.69, 9.17) is 15.2 Å². The zero-order chi connectivity index (χ0) is 18.0. The number of carbonyl (C=O) groups is 2. The smallest absolute Gasteiger partial charge is 0.258 e. The monoisotopic (exact) mass is 346 g/mol. The average Bonchev–Trinajstić information content (AvgIpc) is 3.22. The van der Waals surface area contributed by atoms with Crippen molar-refractivity contribution in [2.45, 2.75) is 38.6 Å². The van der Waals surface area contributed by atoms with Crippen molar-refractivity contribution < 1.29 is 19.1 Å². The van der Waals surface area contributed by atoms with Gasteiger partial charge in [0.1, 0.15) is 0 Å². The van der Waals surface area contributed by atoms with Crippen LogP contribution in [0.5, 0.6) is 11.5 Å². The van der Waals surface area contributed by atoms with E-state index in [0.717, 1.165) is 11.8 Å². The molecule has 0 radical (unpaired) electrons. The summed E-state index contributed by atoms with van der Waals surface area (Å²) in [6.45, 7) is 1.90. The highest BCUT2D eigenvalue weighted by molar-refractivity contribution is 5.96. The van der Waals surface area contributed by atoms with Gasteiger partial charge in [0.15, 0.2) is 18.1 Å². The Kier molecular flexibility index (Phi) is 5.16. The maximum Gasteiger partial charge on any atom is 0.258 e. The zero-order valence-corrected chi connectivity index (χ0v) is 14.8. The van der Waals surface area contributed by atoms with Gasteiger partial charge in [-0.15, -0.1) is 0 Å². The van der Waals surface area contributed by atoms with E-state index in [-0.39, 0.29) is 29.9 Å². The van der Waals surface area contributed by atoms with Gasteiger partial charge in [-0.2, -0.15) is 0 Å². The fourth-order valence-electron chi connectivity index (χ4n) is 4.47. The third-order valence-electron chi connectivity index (χ3n) is 5.64. The highest BCUT2D eigenvalue weighted by Crippen LogP contribution is 2.49. The number of para-hydroxylation sites is 1. The van der Waals surface area contributed by atoms with E-state index in [9.17, 15) is 9.59 Å². The maximum atomic E-state index is 12.3. The van der Waals surface area contributed by atoms with Crippen molar-refractivity contribution in [2.24, 2.45) is 23.5 Å². The molecule has 0 aromatic heterocycles. The topological polar surface area (TPSA) is 90.7 Å². The van der Waals surface area contributed by atoms with Crippen LogP contribution in [0.1, 0.15) is 43.0 Å². The van der Waals surface area contributed by atoms with E-state index < -0.39 is 5.91 Å². The molecule has 25 heavy (non-hydrogen) atoms. The predicted molar refractivity (Wildman–Crippen MR) is 93.5 cm³/mol. The summed E-state index contributed by atoms with van der Waals surface area (Å²) >= 11 is 0. The molecule has 2 aliphatic carbocycles. The highest BCUT2D eigenvalue weighted by Gasteiger charge is 2.42. The summed E-state index contributed by atoms with van der Waals surface area (Å²) in [7, 11) is 1.48. The number of hydrogen-bond acceptors (Lipinski definition) is 4. The number of ether oxygens (including phenoxy) is 2. The quantitative estimate of drug-likeness (QED) is 0.791. The van der Waals surface area contributed by atoms with Crippen LogP contribution in [0.15, 0.2) is 18.2 Å². The largest absolute Gasteiger partial charge is 0.493 e. The van der Waals surface area contributed by atoms with E-state index in [2.05, 4.69) is 12.2 Å². The van der Waals surface area contributed by atoms with Gasteiger partial charge >= 0.3 is 0 Å². The Morgan fingerprint density at radius 3 is 2.72 bits per heavy atom. The summed E-state index contributed by atoms with van der Waals surface area (Å²) in [6.07, 6.45) is 5.15. The van der Waals surface area contributed by atoms with Gasteiger partial charge in [0.25, 0.3) is 11.8 Å². The molecule has 0 heterocycles. The predicted octanol–water partition coefficient (Wildman–Crippen LogP) is 2.11. The Labute approximate surface area is 148 Å². The molecule has 136 valence electrons. The van der Waals surface area contributed by atoms with Gasteiger partial charge in [-0.3, -0.25) is 9.59 Å². The van der Waals surface area contributed by atoms with Crippen LogP contribution in [0.3, 0.4) is 0 Å². The average molecular weight is 346 g/mol. The molecule has 0 saturated heterocycles. The second-order valence-corrected chi connectivity index (χ2v) is 7.18. The molecule has 2 aliphatic rings. The number of methoxy groups -OCH3 is 1.